The van der Waals surface area contributed by atoms with Crippen molar-refractivity contribution in [3.63, 3.8) is 0 Å². The monoisotopic (exact) mass is 288 g/mol. The number of nitrogens with zero attached hydrogens (tertiary/aromatic N) is 3. The molecule has 3 aromatic rings. The highest BCUT2D eigenvalue weighted by atomic mass is 15.3. The fraction of sp³-hybridized carbons (Fsp3) is 0.0556. The summed E-state index contributed by atoms with van der Waals surface area (Å²) >= 11 is 0. The highest BCUT2D eigenvalue weighted by Gasteiger charge is 2.07. The Morgan fingerprint density at radius 2 is 1.73 bits per heavy atom. The molecule has 4 nitrogen and oxygen atoms in total. The number of pyridine rings is 2. The van der Waals surface area contributed by atoms with Crippen LogP contribution in [0.3, 0.4) is 0 Å². The molecule has 0 fully saturated rings. The fourth-order valence-corrected chi connectivity index (χ4v) is 2.08. The van der Waals surface area contributed by atoms with Crippen LogP contribution in [-0.2, 0) is 0 Å². The van der Waals surface area contributed by atoms with Gasteiger partial charge in [-0.15, -0.1) is 0 Å². The van der Waals surface area contributed by atoms with Crippen LogP contribution in [0.15, 0.2) is 78.2 Å². The molecule has 0 aliphatic carbocycles. The molecule has 1 aromatic carbocycles. The van der Waals surface area contributed by atoms with Crippen molar-refractivity contribution in [2.45, 2.75) is 6.92 Å². The number of rotatable bonds is 4. The van der Waals surface area contributed by atoms with Gasteiger partial charge in [-0.1, -0.05) is 36.4 Å². The van der Waals surface area contributed by atoms with Gasteiger partial charge in [-0.3, -0.25) is 10.4 Å². The molecule has 0 aliphatic heterocycles. The van der Waals surface area contributed by atoms with Crippen molar-refractivity contribution in [3.05, 3.63) is 89.9 Å². The Labute approximate surface area is 129 Å². The normalized spacial score (nSPS) is 11.2. The third kappa shape index (κ3) is 3.35. The number of hydrogen-bond donors (Lipinski definition) is 1. The summed E-state index contributed by atoms with van der Waals surface area (Å²) in [5, 5.41) is 4.52. The zero-order valence-corrected chi connectivity index (χ0v) is 12.3. The summed E-state index contributed by atoms with van der Waals surface area (Å²) in [5.74, 6) is 0.712. The first-order valence-corrected chi connectivity index (χ1v) is 7.06. The van der Waals surface area contributed by atoms with E-state index >= 15 is 0 Å². The van der Waals surface area contributed by atoms with Gasteiger partial charge in [-0.2, -0.15) is 5.10 Å². The number of nitrogens with one attached hydrogen (secondary N) is 1. The summed E-state index contributed by atoms with van der Waals surface area (Å²) in [6.45, 7) is 2.02. The van der Waals surface area contributed by atoms with Crippen LogP contribution in [0.5, 0.6) is 0 Å². The van der Waals surface area contributed by atoms with Crippen molar-refractivity contribution in [1.29, 1.82) is 0 Å². The predicted molar refractivity (Wildman–Crippen MR) is 88.9 cm³/mol. The first kappa shape index (κ1) is 13.9. The van der Waals surface area contributed by atoms with Gasteiger partial charge in [0.1, 0.15) is 11.5 Å². The lowest BCUT2D eigenvalue weighted by Gasteiger charge is -2.07. The van der Waals surface area contributed by atoms with Crippen molar-refractivity contribution in [2.24, 2.45) is 5.10 Å². The predicted octanol–water partition coefficient (Wildman–Crippen LogP) is 3.65. The van der Waals surface area contributed by atoms with E-state index in [-0.39, 0.29) is 0 Å². The maximum atomic E-state index is 4.52. The van der Waals surface area contributed by atoms with Gasteiger partial charge in [0.15, 0.2) is 0 Å². The highest BCUT2D eigenvalue weighted by molar-refractivity contribution is 6.11. The van der Waals surface area contributed by atoms with Crippen LogP contribution >= 0.6 is 0 Å². The molecule has 0 radical (unpaired) electrons. The minimum absolute atomic E-state index is 0.712. The van der Waals surface area contributed by atoms with Gasteiger partial charge in [0.2, 0.25) is 0 Å². The average molecular weight is 288 g/mol. The molecule has 22 heavy (non-hydrogen) atoms. The second kappa shape index (κ2) is 6.63. The van der Waals surface area contributed by atoms with Crippen molar-refractivity contribution in [2.75, 3.05) is 5.43 Å². The van der Waals surface area contributed by atoms with E-state index in [0.29, 0.717) is 5.82 Å². The van der Waals surface area contributed by atoms with Crippen molar-refractivity contribution >= 4 is 11.5 Å². The molecule has 0 aliphatic rings. The SMILES string of the molecule is Cc1ccnc(N/N=C(\c2ccccc2)c2ccccn2)c1. The molecule has 0 amide bonds. The molecule has 108 valence electrons. The third-order valence-electron chi connectivity index (χ3n) is 3.15. The van der Waals surface area contributed by atoms with Crippen molar-refractivity contribution in [1.82, 2.24) is 9.97 Å². The fourth-order valence-electron chi connectivity index (χ4n) is 2.08. The Morgan fingerprint density at radius 1 is 0.909 bits per heavy atom. The van der Waals surface area contributed by atoms with Crippen LogP contribution in [0.1, 0.15) is 16.8 Å². The Hall–Kier alpha value is -3.01. The smallest absolute Gasteiger partial charge is 0.146 e. The van der Waals surface area contributed by atoms with Crippen LogP contribution < -0.4 is 5.43 Å². The zero-order chi connectivity index (χ0) is 15.2. The molecule has 0 bridgehead atoms. The van der Waals surface area contributed by atoms with E-state index in [2.05, 4.69) is 20.5 Å². The van der Waals surface area contributed by atoms with Gasteiger partial charge in [-0.05, 0) is 36.8 Å². The minimum Gasteiger partial charge on any atom is -0.261 e. The second-order valence-electron chi connectivity index (χ2n) is 4.87. The molecule has 3 rings (SSSR count). The van der Waals surface area contributed by atoms with E-state index in [4.69, 9.17) is 0 Å². The molecule has 4 heteroatoms. The molecule has 0 saturated heterocycles. The molecule has 0 saturated carbocycles. The average Bonchev–Trinajstić information content (AvgIpc) is 2.57. The Kier molecular flexibility index (Phi) is 4.20. The summed E-state index contributed by atoms with van der Waals surface area (Å²) in [6.07, 6.45) is 3.52. The van der Waals surface area contributed by atoms with E-state index < -0.39 is 0 Å². The van der Waals surface area contributed by atoms with E-state index in [1.807, 2.05) is 67.6 Å². The lowest BCUT2D eigenvalue weighted by Crippen LogP contribution is -2.08. The Bertz CT molecular complexity index is 726. The number of hydrazone groups is 1. The van der Waals surface area contributed by atoms with Crippen LogP contribution in [-0.4, -0.2) is 15.7 Å². The number of hydrogen-bond acceptors (Lipinski definition) is 4. The molecule has 2 heterocycles. The molecular weight excluding hydrogens is 272 g/mol. The van der Waals surface area contributed by atoms with Gasteiger partial charge in [-0.25, -0.2) is 4.98 Å². The van der Waals surface area contributed by atoms with Crippen LogP contribution in [0.4, 0.5) is 5.82 Å². The molecule has 2 aromatic heterocycles. The molecular formula is C18H16N4. The van der Waals surface area contributed by atoms with Crippen molar-refractivity contribution in [3.8, 4) is 0 Å². The third-order valence-corrected chi connectivity index (χ3v) is 3.15. The maximum Gasteiger partial charge on any atom is 0.146 e. The molecule has 0 atom stereocenters. The molecule has 0 spiro atoms. The van der Waals surface area contributed by atoms with Gasteiger partial charge >= 0.3 is 0 Å². The maximum absolute atomic E-state index is 4.52. The number of aromatic nitrogens is 2. The van der Waals surface area contributed by atoms with Crippen LogP contribution in [0.25, 0.3) is 0 Å². The van der Waals surface area contributed by atoms with Gasteiger partial charge < -0.3 is 0 Å². The minimum atomic E-state index is 0.712. The van der Waals surface area contributed by atoms with Gasteiger partial charge in [0.25, 0.3) is 0 Å². The van der Waals surface area contributed by atoms with Crippen molar-refractivity contribution < 1.29 is 0 Å². The van der Waals surface area contributed by atoms with E-state index in [1.54, 1.807) is 12.4 Å². The number of benzene rings is 1. The first-order chi connectivity index (χ1) is 10.8. The summed E-state index contributed by atoms with van der Waals surface area (Å²) in [5.41, 5.74) is 6.75. The highest BCUT2D eigenvalue weighted by Crippen LogP contribution is 2.11. The molecule has 1 N–H and O–H groups in total. The number of anilines is 1. The van der Waals surface area contributed by atoms with E-state index in [0.717, 1.165) is 22.5 Å². The first-order valence-electron chi connectivity index (χ1n) is 7.06. The van der Waals surface area contributed by atoms with E-state index in [1.165, 1.54) is 0 Å². The molecule has 0 unspecified atom stereocenters. The Morgan fingerprint density at radius 3 is 2.45 bits per heavy atom. The zero-order valence-electron chi connectivity index (χ0n) is 12.3. The quantitative estimate of drug-likeness (QED) is 0.589. The topological polar surface area (TPSA) is 50.2 Å². The number of aryl methyl sites for hydroxylation is 1. The summed E-state index contributed by atoms with van der Waals surface area (Å²) < 4.78 is 0. The summed E-state index contributed by atoms with van der Waals surface area (Å²) in [6, 6.07) is 19.7. The lowest BCUT2D eigenvalue weighted by molar-refractivity contribution is 1.19. The lowest BCUT2D eigenvalue weighted by atomic mass is 10.1. The summed E-state index contributed by atoms with van der Waals surface area (Å²) in [4.78, 5) is 8.65. The van der Waals surface area contributed by atoms with Crippen LogP contribution in [0, 0.1) is 6.92 Å². The Balaban J connectivity index is 1.97. The summed E-state index contributed by atoms with van der Waals surface area (Å²) in [7, 11) is 0. The van der Waals surface area contributed by atoms with Gasteiger partial charge in [0, 0.05) is 18.0 Å². The van der Waals surface area contributed by atoms with Crippen LogP contribution in [0.2, 0.25) is 0 Å². The van der Waals surface area contributed by atoms with E-state index in [9.17, 15) is 0 Å². The largest absolute Gasteiger partial charge is 0.261 e. The standard InChI is InChI=1S/C18H16N4/c1-14-10-12-20-17(13-14)21-22-18(15-7-3-2-4-8-15)16-9-5-6-11-19-16/h2-13H,1H3,(H,20,21)/b22-18+. The second-order valence-corrected chi connectivity index (χ2v) is 4.87. The van der Waals surface area contributed by atoms with Gasteiger partial charge in [0.05, 0.1) is 5.69 Å².